The lowest BCUT2D eigenvalue weighted by atomic mass is 10.1. The van der Waals surface area contributed by atoms with Crippen LogP contribution < -0.4 is 10.4 Å². The topological polar surface area (TPSA) is 99.2 Å². The van der Waals surface area contributed by atoms with Gasteiger partial charge in [0.1, 0.15) is 5.71 Å². The minimum atomic E-state index is -0.696. The molecule has 0 radical (unpaired) electrons. The average Bonchev–Trinajstić information content (AvgIpc) is 2.94. The van der Waals surface area contributed by atoms with Crippen LogP contribution in [0, 0.1) is 0 Å². The number of hydrogen-bond acceptors (Lipinski definition) is 5. The smallest absolute Gasteiger partial charge is 0.273 e. The Morgan fingerprint density at radius 1 is 0.852 bits per heavy atom. The Bertz CT molecular complexity index is 965. The third kappa shape index (κ3) is 2.86. The van der Waals surface area contributed by atoms with E-state index in [-0.39, 0.29) is 35.6 Å². The first-order valence-electron chi connectivity index (χ1n) is 8.30. The van der Waals surface area contributed by atoms with Gasteiger partial charge in [0, 0.05) is 12.8 Å². The van der Waals surface area contributed by atoms with Crippen LogP contribution in [0.15, 0.2) is 59.7 Å². The molecule has 2 aromatic carbocycles. The van der Waals surface area contributed by atoms with Gasteiger partial charge in [0.05, 0.1) is 16.8 Å². The van der Waals surface area contributed by atoms with Gasteiger partial charge in [-0.05, 0) is 24.3 Å². The second-order valence-corrected chi connectivity index (χ2v) is 6.02. The molecule has 2 aromatic rings. The number of hydrogen-bond donors (Lipinski definition) is 1. The minimum absolute atomic E-state index is 0.0648. The quantitative estimate of drug-likeness (QED) is 0.837. The molecule has 0 atom stereocenters. The summed E-state index contributed by atoms with van der Waals surface area (Å²) in [5.41, 5.74) is 3.37. The molecule has 0 bridgehead atoms. The normalized spacial score (nSPS) is 16.3. The SMILES string of the molecule is O=C(NN1C(=O)c2ccccc2C1=O)C1=NN(c2ccccc2)C(=O)CC1. The van der Waals surface area contributed by atoms with E-state index in [2.05, 4.69) is 10.5 Å². The van der Waals surface area contributed by atoms with Crippen molar-refractivity contribution >= 4 is 35.0 Å². The van der Waals surface area contributed by atoms with Gasteiger partial charge in [-0.1, -0.05) is 30.3 Å². The van der Waals surface area contributed by atoms with E-state index >= 15 is 0 Å². The van der Waals surface area contributed by atoms with Gasteiger partial charge in [0.15, 0.2) is 0 Å². The van der Waals surface area contributed by atoms with Crippen LogP contribution in [0.3, 0.4) is 0 Å². The van der Waals surface area contributed by atoms with E-state index < -0.39 is 17.7 Å². The molecule has 0 saturated heterocycles. The van der Waals surface area contributed by atoms with Crippen LogP contribution in [0.4, 0.5) is 5.69 Å². The largest absolute Gasteiger partial charge is 0.286 e. The van der Waals surface area contributed by atoms with E-state index in [1.54, 1.807) is 42.5 Å². The predicted octanol–water partition coefficient (Wildman–Crippen LogP) is 1.50. The van der Waals surface area contributed by atoms with Crippen molar-refractivity contribution in [1.82, 2.24) is 10.4 Å². The number of hydrazine groups is 1. The number of carbonyl (C=O) groups excluding carboxylic acids is 4. The number of imide groups is 1. The Labute approximate surface area is 154 Å². The Morgan fingerprint density at radius 2 is 1.44 bits per heavy atom. The number of hydrazone groups is 1. The van der Waals surface area contributed by atoms with Gasteiger partial charge in [-0.15, -0.1) is 0 Å². The van der Waals surface area contributed by atoms with Gasteiger partial charge in [0.25, 0.3) is 17.7 Å². The molecule has 1 N–H and O–H groups in total. The molecule has 4 amide bonds. The second-order valence-electron chi connectivity index (χ2n) is 6.02. The van der Waals surface area contributed by atoms with Crippen molar-refractivity contribution < 1.29 is 19.2 Å². The molecular weight excluding hydrogens is 348 g/mol. The highest BCUT2D eigenvalue weighted by atomic mass is 16.2. The molecule has 0 aromatic heterocycles. The summed E-state index contributed by atoms with van der Waals surface area (Å²) in [5.74, 6) is -2.14. The predicted molar refractivity (Wildman–Crippen MR) is 95.7 cm³/mol. The summed E-state index contributed by atoms with van der Waals surface area (Å²) in [6.45, 7) is 0. The Kier molecular flexibility index (Phi) is 4.00. The summed E-state index contributed by atoms with van der Waals surface area (Å²) in [6.07, 6.45) is 0.223. The molecule has 27 heavy (non-hydrogen) atoms. The highest BCUT2D eigenvalue weighted by molar-refractivity contribution is 6.41. The Hall–Kier alpha value is -3.81. The van der Waals surface area contributed by atoms with Crippen molar-refractivity contribution in [2.75, 3.05) is 5.01 Å². The minimum Gasteiger partial charge on any atom is -0.273 e. The van der Waals surface area contributed by atoms with Crippen molar-refractivity contribution in [2.24, 2.45) is 5.10 Å². The number of anilines is 1. The van der Waals surface area contributed by atoms with Crippen LogP contribution in [0.25, 0.3) is 0 Å². The molecule has 4 rings (SSSR count). The molecule has 0 spiro atoms. The zero-order valence-electron chi connectivity index (χ0n) is 14.1. The third-order valence-electron chi connectivity index (χ3n) is 4.30. The van der Waals surface area contributed by atoms with Gasteiger partial charge in [-0.3, -0.25) is 24.6 Å². The maximum absolute atomic E-state index is 12.6. The van der Waals surface area contributed by atoms with Gasteiger partial charge in [-0.25, -0.2) is 5.01 Å². The molecule has 0 fully saturated rings. The van der Waals surface area contributed by atoms with E-state index in [1.165, 1.54) is 12.1 Å². The maximum Gasteiger partial charge on any atom is 0.286 e. The van der Waals surface area contributed by atoms with Crippen LogP contribution in [-0.4, -0.2) is 34.3 Å². The lowest BCUT2D eigenvalue weighted by Gasteiger charge is -2.24. The van der Waals surface area contributed by atoms with Crippen molar-refractivity contribution in [3.8, 4) is 0 Å². The first-order valence-corrected chi connectivity index (χ1v) is 8.30. The molecule has 8 nitrogen and oxygen atoms in total. The van der Waals surface area contributed by atoms with Crippen LogP contribution in [0.2, 0.25) is 0 Å². The number of amides is 4. The molecule has 0 saturated carbocycles. The number of para-hydroxylation sites is 1. The highest BCUT2D eigenvalue weighted by Crippen LogP contribution is 2.22. The number of carbonyl (C=O) groups is 4. The monoisotopic (exact) mass is 362 g/mol. The summed E-state index contributed by atoms with van der Waals surface area (Å²) < 4.78 is 0. The third-order valence-corrected chi connectivity index (χ3v) is 4.30. The molecule has 0 unspecified atom stereocenters. The van der Waals surface area contributed by atoms with Crippen molar-refractivity contribution in [1.29, 1.82) is 0 Å². The van der Waals surface area contributed by atoms with Crippen molar-refractivity contribution in [3.05, 3.63) is 65.7 Å². The van der Waals surface area contributed by atoms with E-state index in [0.717, 1.165) is 5.01 Å². The van der Waals surface area contributed by atoms with E-state index in [0.29, 0.717) is 10.7 Å². The molecular formula is C19H14N4O4. The fourth-order valence-corrected chi connectivity index (χ4v) is 2.94. The van der Waals surface area contributed by atoms with E-state index in [4.69, 9.17) is 0 Å². The molecule has 2 heterocycles. The molecule has 8 heteroatoms. The maximum atomic E-state index is 12.6. The standard InChI is InChI=1S/C19H14N4O4/c24-16-11-10-15(20-22(16)12-6-2-1-3-7-12)17(25)21-23-18(26)13-8-4-5-9-14(13)19(23)27/h1-9H,10-11H2,(H,21,25). The van der Waals surface area contributed by atoms with Gasteiger partial charge < -0.3 is 0 Å². The first kappa shape index (κ1) is 16.6. The summed E-state index contributed by atoms with van der Waals surface area (Å²) in [4.78, 5) is 49.4. The zero-order chi connectivity index (χ0) is 19.0. The average molecular weight is 362 g/mol. The van der Waals surface area contributed by atoms with Crippen molar-refractivity contribution in [2.45, 2.75) is 12.8 Å². The Morgan fingerprint density at radius 3 is 2.07 bits per heavy atom. The number of benzene rings is 2. The summed E-state index contributed by atoms with van der Waals surface area (Å²) >= 11 is 0. The molecule has 2 aliphatic heterocycles. The number of rotatable bonds is 3. The Balaban J connectivity index is 1.56. The van der Waals surface area contributed by atoms with Crippen LogP contribution >= 0.6 is 0 Å². The zero-order valence-corrected chi connectivity index (χ0v) is 14.1. The lowest BCUT2D eigenvalue weighted by Crippen LogP contribution is -2.49. The molecule has 0 aliphatic carbocycles. The second kappa shape index (κ2) is 6.49. The van der Waals surface area contributed by atoms with Gasteiger partial charge in [-0.2, -0.15) is 10.1 Å². The fraction of sp³-hybridized carbons (Fsp3) is 0.105. The van der Waals surface area contributed by atoms with E-state index in [1.807, 2.05) is 0 Å². The molecule has 2 aliphatic rings. The number of fused-ring (bicyclic) bond motifs is 1. The van der Waals surface area contributed by atoms with Crippen LogP contribution in [-0.2, 0) is 9.59 Å². The van der Waals surface area contributed by atoms with Crippen LogP contribution in [0.1, 0.15) is 33.6 Å². The van der Waals surface area contributed by atoms with Gasteiger partial charge >= 0.3 is 0 Å². The summed E-state index contributed by atoms with van der Waals surface area (Å²) in [7, 11) is 0. The van der Waals surface area contributed by atoms with Gasteiger partial charge in [0.2, 0.25) is 5.91 Å². The first-order chi connectivity index (χ1) is 13.1. The van der Waals surface area contributed by atoms with Crippen LogP contribution in [0.5, 0.6) is 0 Å². The fourth-order valence-electron chi connectivity index (χ4n) is 2.94. The summed E-state index contributed by atoms with van der Waals surface area (Å²) in [5, 5.41) is 5.95. The van der Waals surface area contributed by atoms with E-state index in [9.17, 15) is 19.2 Å². The highest BCUT2D eigenvalue weighted by Gasteiger charge is 2.37. The van der Waals surface area contributed by atoms with Crippen molar-refractivity contribution in [3.63, 3.8) is 0 Å². The number of nitrogens with one attached hydrogen (secondary N) is 1. The lowest BCUT2D eigenvalue weighted by molar-refractivity contribution is -0.119. The summed E-state index contributed by atoms with van der Waals surface area (Å²) in [6, 6.07) is 15.0. The molecule has 134 valence electrons. The number of nitrogens with zero attached hydrogens (tertiary/aromatic N) is 3.